The first-order valence-electron chi connectivity index (χ1n) is 7.13. The van der Waals surface area contributed by atoms with Crippen molar-refractivity contribution < 1.29 is 23.1 Å². The highest BCUT2D eigenvalue weighted by Crippen LogP contribution is 2.28. The molecule has 0 aromatic heterocycles. The second kappa shape index (κ2) is 7.91. The fourth-order valence-corrected chi connectivity index (χ4v) is 3.05. The maximum atomic E-state index is 12.3. The van der Waals surface area contributed by atoms with Crippen LogP contribution in [0, 0.1) is 0 Å². The quantitative estimate of drug-likeness (QED) is 0.696. The Labute approximate surface area is 140 Å². The number of aliphatic hydroxyl groups is 1. The molecule has 0 atom stereocenters. The summed E-state index contributed by atoms with van der Waals surface area (Å²) in [6.07, 6.45) is 0. The number of ether oxygens (including phenoxy) is 1. The van der Waals surface area contributed by atoms with Crippen LogP contribution in [-0.4, -0.2) is 39.7 Å². The first kappa shape index (κ1) is 17.9. The molecule has 0 spiro atoms. The highest BCUT2D eigenvalue weighted by Gasteiger charge is 2.17. The molecular formula is C16H18N2O5S. The van der Waals surface area contributed by atoms with Crippen molar-refractivity contribution >= 4 is 21.6 Å². The first-order valence-corrected chi connectivity index (χ1v) is 8.61. The Morgan fingerprint density at radius 3 is 2.50 bits per heavy atom. The maximum absolute atomic E-state index is 12.3. The molecule has 0 aliphatic heterocycles. The fraction of sp³-hybridized carbons (Fsp3) is 0.188. The van der Waals surface area contributed by atoms with Gasteiger partial charge in [0.1, 0.15) is 5.75 Å². The van der Waals surface area contributed by atoms with E-state index in [-0.39, 0.29) is 29.6 Å². The Hall–Kier alpha value is -2.42. The molecule has 0 aliphatic carbocycles. The van der Waals surface area contributed by atoms with Gasteiger partial charge in [-0.05, 0) is 30.3 Å². The van der Waals surface area contributed by atoms with Crippen molar-refractivity contribution in [2.75, 3.05) is 25.6 Å². The Balaban J connectivity index is 2.31. The lowest BCUT2D eigenvalue weighted by Gasteiger charge is -2.13. The van der Waals surface area contributed by atoms with E-state index >= 15 is 0 Å². The largest absolute Gasteiger partial charge is 0.495 e. The standard InChI is InChI=1S/C16H18N2O5S/c1-23-15-8-7-13(24(21,22)17-9-10-19)11-14(15)18-16(20)12-5-3-2-4-6-12/h2-8,11,17,19H,9-10H2,1H3,(H,18,20). The van der Waals surface area contributed by atoms with Gasteiger partial charge in [-0.2, -0.15) is 0 Å². The Kier molecular flexibility index (Phi) is 5.91. The molecule has 0 bridgehead atoms. The minimum atomic E-state index is -3.79. The second-order valence-electron chi connectivity index (χ2n) is 4.80. The van der Waals surface area contributed by atoms with E-state index in [1.165, 1.54) is 25.3 Å². The van der Waals surface area contributed by atoms with E-state index in [9.17, 15) is 13.2 Å². The van der Waals surface area contributed by atoms with Crippen molar-refractivity contribution in [1.82, 2.24) is 4.72 Å². The average Bonchev–Trinajstić information content (AvgIpc) is 2.60. The number of anilines is 1. The molecule has 8 heteroatoms. The molecule has 0 heterocycles. The number of aliphatic hydroxyl groups excluding tert-OH is 1. The number of carbonyl (C=O) groups is 1. The van der Waals surface area contributed by atoms with E-state index in [0.29, 0.717) is 11.3 Å². The highest BCUT2D eigenvalue weighted by molar-refractivity contribution is 7.89. The smallest absolute Gasteiger partial charge is 0.255 e. The van der Waals surface area contributed by atoms with E-state index < -0.39 is 10.0 Å². The molecule has 2 aromatic carbocycles. The summed E-state index contributed by atoms with van der Waals surface area (Å²) in [4.78, 5) is 12.2. The third-order valence-corrected chi connectivity index (χ3v) is 4.63. The molecule has 0 saturated heterocycles. The van der Waals surface area contributed by atoms with Crippen LogP contribution >= 0.6 is 0 Å². The van der Waals surface area contributed by atoms with E-state index in [0.717, 1.165) is 0 Å². The number of sulfonamides is 1. The molecule has 0 fully saturated rings. The number of hydrogen-bond acceptors (Lipinski definition) is 5. The zero-order valence-electron chi connectivity index (χ0n) is 13.0. The summed E-state index contributed by atoms with van der Waals surface area (Å²) >= 11 is 0. The van der Waals surface area contributed by atoms with Gasteiger partial charge in [0.05, 0.1) is 24.3 Å². The topological polar surface area (TPSA) is 105 Å². The summed E-state index contributed by atoms with van der Waals surface area (Å²) in [6, 6.07) is 12.6. The number of amides is 1. The lowest BCUT2D eigenvalue weighted by atomic mass is 10.2. The predicted octanol–water partition coefficient (Wildman–Crippen LogP) is 1.22. The van der Waals surface area contributed by atoms with Gasteiger partial charge in [0.15, 0.2) is 0 Å². The number of rotatable bonds is 7. The van der Waals surface area contributed by atoms with Crippen LogP contribution in [0.25, 0.3) is 0 Å². The Morgan fingerprint density at radius 2 is 1.88 bits per heavy atom. The van der Waals surface area contributed by atoms with Crippen molar-refractivity contribution in [3.05, 3.63) is 54.1 Å². The summed E-state index contributed by atoms with van der Waals surface area (Å²) in [7, 11) is -2.36. The van der Waals surface area contributed by atoms with Gasteiger partial charge < -0.3 is 15.2 Å². The van der Waals surface area contributed by atoms with Crippen molar-refractivity contribution in [2.24, 2.45) is 0 Å². The molecule has 0 aliphatic rings. The van der Waals surface area contributed by atoms with Crippen LogP contribution in [0.4, 0.5) is 5.69 Å². The lowest BCUT2D eigenvalue weighted by molar-refractivity contribution is 0.102. The Morgan fingerprint density at radius 1 is 1.17 bits per heavy atom. The monoisotopic (exact) mass is 350 g/mol. The first-order chi connectivity index (χ1) is 11.5. The third-order valence-electron chi connectivity index (χ3n) is 3.17. The molecule has 24 heavy (non-hydrogen) atoms. The molecule has 0 radical (unpaired) electrons. The van der Waals surface area contributed by atoms with Crippen LogP contribution < -0.4 is 14.8 Å². The molecule has 3 N–H and O–H groups in total. The van der Waals surface area contributed by atoms with Gasteiger partial charge in [-0.3, -0.25) is 4.79 Å². The molecule has 7 nitrogen and oxygen atoms in total. The minimum Gasteiger partial charge on any atom is -0.495 e. The number of benzene rings is 2. The van der Waals surface area contributed by atoms with Gasteiger partial charge in [0.2, 0.25) is 10.0 Å². The molecule has 0 unspecified atom stereocenters. The summed E-state index contributed by atoms with van der Waals surface area (Å²) < 4.78 is 31.7. The SMILES string of the molecule is COc1ccc(S(=O)(=O)NCCO)cc1NC(=O)c1ccccc1. The highest BCUT2D eigenvalue weighted by atomic mass is 32.2. The number of hydrogen-bond donors (Lipinski definition) is 3. The fourth-order valence-electron chi connectivity index (χ4n) is 2.00. The van der Waals surface area contributed by atoms with Crippen molar-refractivity contribution in [2.45, 2.75) is 4.90 Å². The number of nitrogens with one attached hydrogen (secondary N) is 2. The molecule has 2 aromatic rings. The summed E-state index contributed by atoms with van der Waals surface area (Å²) in [6.45, 7) is -0.410. The summed E-state index contributed by atoms with van der Waals surface area (Å²) in [5.41, 5.74) is 0.671. The zero-order chi connectivity index (χ0) is 17.6. The average molecular weight is 350 g/mol. The van der Waals surface area contributed by atoms with Gasteiger partial charge in [-0.15, -0.1) is 0 Å². The minimum absolute atomic E-state index is 0.0416. The van der Waals surface area contributed by atoms with Crippen molar-refractivity contribution in [3.63, 3.8) is 0 Å². The summed E-state index contributed by atoms with van der Waals surface area (Å²) in [5, 5.41) is 11.4. The van der Waals surface area contributed by atoms with E-state index in [4.69, 9.17) is 9.84 Å². The van der Waals surface area contributed by atoms with Gasteiger partial charge in [0, 0.05) is 12.1 Å². The van der Waals surface area contributed by atoms with Crippen LogP contribution in [0.1, 0.15) is 10.4 Å². The van der Waals surface area contributed by atoms with E-state index in [1.54, 1.807) is 30.3 Å². The van der Waals surface area contributed by atoms with Crippen LogP contribution in [0.3, 0.4) is 0 Å². The summed E-state index contributed by atoms with van der Waals surface area (Å²) in [5.74, 6) is -0.0489. The van der Waals surface area contributed by atoms with Crippen molar-refractivity contribution in [3.8, 4) is 5.75 Å². The van der Waals surface area contributed by atoms with Crippen LogP contribution in [0.15, 0.2) is 53.4 Å². The second-order valence-corrected chi connectivity index (χ2v) is 6.57. The molecular weight excluding hydrogens is 332 g/mol. The van der Waals surface area contributed by atoms with E-state index in [2.05, 4.69) is 10.0 Å². The lowest BCUT2D eigenvalue weighted by Crippen LogP contribution is -2.26. The normalized spacial score (nSPS) is 11.1. The van der Waals surface area contributed by atoms with Crippen LogP contribution in [0.2, 0.25) is 0 Å². The molecule has 0 saturated carbocycles. The van der Waals surface area contributed by atoms with Crippen LogP contribution in [-0.2, 0) is 10.0 Å². The Bertz CT molecular complexity index is 806. The van der Waals surface area contributed by atoms with E-state index in [1.807, 2.05) is 0 Å². The van der Waals surface area contributed by atoms with Gasteiger partial charge in [-0.1, -0.05) is 18.2 Å². The molecule has 128 valence electrons. The van der Waals surface area contributed by atoms with Crippen LogP contribution in [0.5, 0.6) is 5.75 Å². The predicted molar refractivity (Wildman–Crippen MR) is 89.7 cm³/mol. The zero-order valence-corrected chi connectivity index (χ0v) is 13.8. The molecule has 1 amide bonds. The van der Waals surface area contributed by atoms with Gasteiger partial charge in [-0.25, -0.2) is 13.1 Å². The maximum Gasteiger partial charge on any atom is 0.255 e. The van der Waals surface area contributed by atoms with Gasteiger partial charge in [0.25, 0.3) is 5.91 Å². The van der Waals surface area contributed by atoms with Crippen molar-refractivity contribution in [1.29, 1.82) is 0 Å². The molecule has 2 rings (SSSR count). The number of methoxy groups -OCH3 is 1. The van der Waals surface area contributed by atoms with Gasteiger partial charge >= 0.3 is 0 Å². The number of carbonyl (C=O) groups excluding carboxylic acids is 1. The third kappa shape index (κ3) is 4.31.